The van der Waals surface area contributed by atoms with E-state index in [9.17, 15) is 9.59 Å². The summed E-state index contributed by atoms with van der Waals surface area (Å²) in [5.41, 5.74) is 6.87. The molecule has 0 saturated carbocycles. The highest BCUT2D eigenvalue weighted by Gasteiger charge is 2.18. The number of nitrogens with one attached hydrogen (secondary N) is 4. The maximum atomic E-state index is 12.5. The van der Waals surface area contributed by atoms with Crippen LogP contribution in [0.4, 0.5) is 11.4 Å². The number of benzene rings is 4. The van der Waals surface area contributed by atoms with Crippen molar-refractivity contribution in [1.82, 2.24) is 40.6 Å². The molecule has 0 bridgehead atoms. The molecule has 4 heterocycles. The van der Waals surface area contributed by atoms with E-state index in [1.54, 1.807) is 28.9 Å². The molecular weight excluding hydrogens is 736 g/mol. The van der Waals surface area contributed by atoms with Gasteiger partial charge in [-0.15, -0.1) is 22.6 Å². The number of nitrogens with zero attached hydrogens (tertiary/aromatic N) is 6. The molecule has 6 aromatic rings. The second kappa shape index (κ2) is 19.1. The number of hydrogen-bond donors (Lipinski definition) is 4. The highest BCUT2D eigenvalue weighted by Crippen LogP contribution is 2.23. The van der Waals surface area contributed by atoms with Gasteiger partial charge in [0.1, 0.15) is 5.75 Å². The van der Waals surface area contributed by atoms with Crippen molar-refractivity contribution in [2.24, 2.45) is 0 Å². The van der Waals surface area contributed by atoms with E-state index in [0.717, 1.165) is 60.0 Å². The van der Waals surface area contributed by atoms with E-state index in [0.29, 0.717) is 24.6 Å². The number of morpholine rings is 2. The van der Waals surface area contributed by atoms with Gasteiger partial charge in [-0.05, 0) is 78.7 Å². The number of aromatic nitrogens is 6. The Balaban J connectivity index is 0.000000187. The Labute approximate surface area is 330 Å². The maximum absolute atomic E-state index is 12.5. The molecule has 15 nitrogen and oxygen atoms in total. The molecule has 0 spiro atoms. The summed E-state index contributed by atoms with van der Waals surface area (Å²) >= 11 is 0. The first kappa shape index (κ1) is 39.7. The second-order valence-electron chi connectivity index (χ2n) is 12.9. The molecule has 0 aliphatic carbocycles. The molecule has 4 N–H and O–H groups in total. The van der Waals surface area contributed by atoms with Crippen LogP contribution in [0.15, 0.2) is 109 Å². The lowest BCUT2D eigenvalue weighted by atomic mass is 10.1. The number of hydrogen-bond acceptors (Lipinski definition) is 11. The average Bonchev–Trinajstić information content (AvgIpc) is 3.95. The Morgan fingerprint density at radius 3 is 1.48 bits per heavy atom. The molecule has 2 atom stereocenters. The smallest absolute Gasteiger partial charge is 0.277 e. The summed E-state index contributed by atoms with van der Waals surface area (Å²) in [7, 11) is 1.61. The van der Waals surface area contributed by atoms with Crippen molar-refractivity contribution in [2.75, 3.05) is 57.1 Å². The van der Waals surface area contributed by atoms with Gasteiger partial charge < -0.3 is 35.5 Å². The minimum Gasteiger partial charge on any atom is -0.497 e. The van der Waals surface area contributed by atoms with Gasteiger partial charge in [0.2, 0.25) is 0 Å². The van der Waals surface area contributed by atoms with Crippen molar-refractivity contribution >= 4 is 35.6 Å². The van der Waals surface area contributed by atoms with Crippen LogP contribution in [0.1, 0.15) is 49.9 Å². The molecule has 0 radical (unpaired) electrons. The molecule has 4 aromatic carbocycles. The van der Waals surface area contributed by atoms with Crippen molar-refractivity contribution < 1.29 is 23.8 Å². The van der Waals surface area contributed by atoms with Crippen molar-refractivity contribution in [3.8, 4) is 17.1 Å². The molecule has 16 heteroatoms. The van der Waals surface area contributed by atoms with Crippen molar-refractivity contribution in [2.45, 2.75) is 19.1 Å². The fourth-order valence-corrected chi connectivity index (χ4v) is 5.93. The maximum Gasteiger partial charge on any atom is 0.277 e. The largest absolute Gasteiger partial charge is 0.497 e. The van der Waals surface area contributed by atoms with E-state index in [-0.39, 0.29) is 47.8 Å². The number of methoxy groups -OCH3 is 1. The van der Waals surface area contributed by atoms with Crippen LogP contribution in [-0.2, 0) is 9.47 Å². The van der Waals surface area contributed by atoms with Gasteiger partial charge >= 0.3 is 0 Å². The normalized spacial score (nSPS) is 16.4. The molecule has 2 aliphatic heterocycles. The van der Waals surface area contributed by atoms with E-state index >= 15 is 0 Å². The first-order valence-corrected chi connectivity index (χ1v) is 18.0. The summed E-state index contributed by atoms with van der Waals surface area (Å²) < 4.78 is 19.7. The van der Waals surface area contributed by atoms with E-state index < -0.39 is 0 Å². The van der Waals surface area contributed by atoms with Crippen LogP contribution in [0.2, 0.25) is 0 Å². The molecule has 0 unspecified atom stereocenters. The summed E-state index contributed by atoms with van der Waals surface area (Å²) in [4.78, 5) is 24.9. The van der Waals surface area contributed by atoms with E-state index in [4.69, 9.17) is 14.2 Å². The second-order valence-corrected chi connectivity index (χ2v) is 12.9. The summed E-state index contributed by atoms with van der Waals surface area (Å²) in [6.07, 6.45) is 3.31. The molecule has 2 saturated heterocycles. The Morgan fingerprint density at radius 1 is 0.661 bits per heavy atom. The molecule has 2 aliphatic rings. The number of anilines is 2. The Morgan fingerprint density at radius 2 is 1.09 bits per heavy atom. The molecule has 290 valence electrons. The van der Waals surface area contributed by atoms with Gasteiger partial charge in [0.25, 0.3) is 11.8 Å². The summed E-state index contributed by atoms with van der Waals surface area (Å²) in [5.74, 6) is 0.138. The van der Waals surface area contributed by atoms with Crippen LogP contribution in [0.3, 0.4) is 0 Å². The molecule has 2 amide bonds. The lowest BCUT2D eigenvalue weighted by Crippen LogP contribution is -2.33. The Hall–Kier alpha value is -5.97. The van der Waals surface area contributed by atoms with Crippen LogP contribution in [0.25, 0.3) is 11.4 Å². The van der Waals surface area contributed by atoms with Gasteiger partial charge in [0, 0.05) is 37.6 Å². The summed E-state index contributed by atoms with van der Waals surface area (Å²) in [5, 5.41) is 28.3. The SMILES string of the molecule is COc1ccc(-n2cc(C(=O)Nc3ccc([C@H]4CNCCO4)cc3)nn2)cc1.Cc1ccc(-n2cc(C(=O)Nc3ccc([C@H]4CNCCO4)cc3)nn2)cc1.Cl. The number of ether oxygens (including phenoxy) is 3. The number of aryl methyl sites for hydroxylation is 1. The first-order chi connectivity index (χ1) is 26.9. The number of carbonyl (C=O) groups excluding carboxylic acids is 2. The third-order valence-electron chi connectivity index (χ3n) is 9.02. The quantitative estimate of drug-likeness (QED) is 0.154. The lowest BCUT2D eigenvalue weighted by Gasteiger charge is -2.24. The van der Waals surface area contributed by atoms with Gasteiger partial charge in [-0.3, -0.25) is 9.59 Å². The molecule has 2 aromatic heterocycles. The summed E-state index contributed by atoms with van der Waals surface area (Å²) in [6, 6.07) is 30.5. The number of halogens is 1. The third-order valence-corrected chi connectivity index (χ3v) is 9.02. The first-order valence-electron chi connectivity index (χ1n) is 18.0. The van der Waals surface area contributed by atoms with E-state index in [1.807, 2.05) is 104 Å². The minimum atomic E-state index is -0.317. The predicted molar refractivity (Wildman–Crippen MR) is 213 cm³/mol. The van der Waals surface area contributed by atoms with Gasteiger partial charge in [-0.25, -0.2) is 9.36 Å². The van der Waals surface area contributed by atoms with E-state index in [1.165, 1.54) is 0 Å². The Kier molecular flexibility index (Phi) is 13.5. The average molecular weight is 779 g/mol. The van der Waals surface area contributed by atoms with Crippen LogP contribution < -0.4 is 26.0 Å². The van der Waals surface area contributed by atoms with Gasteiger partial charge in [0.05, 0.1) is 56.3 Å². The molecule has 2 fully saturated rings. The highest BCUT2D eigenvalue weighted by atomic mass is 35.5. The van der Waals surface area contributed by atoms with Crippen LogP contribution in [0, 0.1) is 6.92 Å². The fraction of sp³-hybridized carbons (Fsp3) is 0.250. The Bertz CT molecular complexity index is 2160. The zero-order valence-electron chi connectivity index (χ0n) is 30.9. The molecule has 8 rings (SSSR count). The van der Waals surface area contributed by atoms with Crippen LogP contribution in [-0.4, -0.2) is 88.3 Å². The minimum absolute atomic E-state index is 0. The van der Waals surface area contributed by atoms with E-state index in [2.05, 4.69) is 41.9 Å². The fourth-order valence-electron chi connectivity index (χ4n) is 5.93. The number of carbonyl (C=O) groups is 2. The number of amides is 2. The van der Waals surface area contributed by atoms with Gasteiger partial charge in [-0.2, -0.15) is 0 Å². The summed E-state index contributed by atoms with van der Waals surface area (Å²) in [6.45, 7) is 6.78. The lowest BCUT2D eigenvalue weighted by molar-refractivity contribution is 0.0276. The zero-order valence-corrected chi connectivity index (χ0v) is 31.7. The zero-order chi connectivity index (χ0) is 38.0. The number of rotatable bonds is 9. The highest BCUT2D eigenvalue weighted by molar-refractivity contribution is 6.03. The van der Waals surface area contributed by atoms with Crippen molar-refractivity contribution in [3.63, 3.8) is 0 Å². The van der Waals surface area contributed by atoms with Crippen LogP contribution >= 0.6 is 12.4 Å². The standard InChI is InChI=1S/C20H21N5O3.C20H21N5O2.ClH/c1-27-17-8-6-16(7-9-17)25-13-18(23-24-25)20(26)22-15-4-2-14(3-5-15)19-12-21-10-11-28-19;1-14-2-8-17(9-3-14)25-13-18(23-24-25)20(26)22-16-6-4-15(5-7-16)19-12-21-10-11-27-19;/h2-9,13,19,21H,10-12H2,1H3,(H,22,26);2-9,13,19,21H,10-12H2,1H3,(H,22,26);1H/t2*19-;/m11./s1. The van der Waals surface area contributed by atoms with Crippen molar-refractivity contribution in [3.05, 3.63) is 138 Å². The van der Waals surface area contributed by atoms with Crippen molar-refractivity contribution in [1.29, 1.82) is 0 Å². The molecular formula is C40H43ClN10O5. The monoisotopic (exact) mass is 778 g/mol. The third kappa shape index (κ3) is 10.2. The van der Waals surface area contributed by atoms with Gasteiger partial charge in [0.15, 0.2) is 11.4 Å². The van der Waals surface area contributed by atoms with Gasteiger partial charge in [-0.1, -0.05) is 52.4 Å². The predicted octanol–water partition coefficient (Wildman–Crippen LogP) is 5.10. The topological polar surface area (TPSA) is 171 Å². The van der Waals surface area contributed by atoms with Crippen LogP contribution in [0.5, 0.6) is 5.75 Å². The molecule has 56 heavy (non-hydrogen) atoms.